The summed E-state index contributed by atoms with van der Waals surface area (Å²) in [6, 6.07) is 12.4. The van der Waals surface area contributed by atoms with Crippen LogP contribution in [0.3, 0.4) is 0 Å². The van der Waals surface area contributed by atoms with Gasteiger partial charge in [-0.05, 0) is 42.8 Å². The van der Waals surface area contributed by atoms with Crippen LogP contribution < -0.4 is 9.64 Å². The van der Waals surface area contributed by atoms with E-state index < -0.39 is 11.7 Å². The normalized spacial score (nSPS) is 13.5. The zero-order chi connectivity index (χ0) is 15.7. The van der Waals surface area contributed by atoms with Gasteiger partial charge in [0.2, 0.25) is 0 Å². The van der Waals surface area contributed by atoms with Gasteiger partial charge in [-0.3, -0.25) is 9.59 Å². The van der Waals surface area contributed by atoms with E-state index in [0.29, 0.717) is 35.2 Å². The lowest BCUT2D eigenvalue weighted by molar-refractivity contribution is -0.114. The number of fused-ring (bicyclic) bond motifs is 1. The topological polar surface area (TPSA) is 46.6 Å². The molecule has 3 rings (SSSR count). The van der Waals surface area contributed by atoms with Crippen LogP contribution in [0.15, 0.2) is 42.5 Å². The fourth-order valence-corrected chi connectivity index (χ4v) is 2.55. The number of hydrogen-bond acceptors (Lipinski definition) is 3. The second-order valence-corrected chi connectivity index (χ2v) is 5.47. The van der Waals surface area contributed by atoms with Crippen LogP contribution >= 0.6 is 11.6 Å². The molecule has 1 aliphatic heterocycles. The Morgan fingerprint density at radius 2 is 1.91 bits per heavy atom. The number of Topliss-reactive ketones (excluding diaryl/α,β-unsaturated/α-hetero) is 1. The molecule has 0 radical (unpaired) electrons. The molecule has 1 heterocycles. The largest absolute Gasteiger partial charge is 0.492 e. The van der Waals surface area contributed by atoms with Gasteiger partial charge in [0, 0.05) is 5.02 Å². The molecule has 5 heteroatoms. The van der Waals surface area contributed by atoms with E-state index in [2.05, 4.69) is 0 Å². The van der Waals surface area contributed by atoms with Crippen LogP contribution in [0.1, 0.15) is 15.9 Å². The number of halogens is 1. The lowest BCUT2D eigenvalue weighted by Crippen LogP contribution is -2.33. The second-order valence-electron chi connectivity index (χ2n) is 5.06. The number of hydrogen-bond donors (Lipinski definition) is 0. The van der Waals surface area contributed by atoms with Crippen molar-refractivity contribution in [3.63, 3.8) is 0 Å². The van der Waals surface area contributed by atoms with Gasteiger partial charge >= 0.3 is 0 Å². The summed E-state index contributed by atoms with van der Waals surface area (Å²) in [6.07, 6.45) is 0. The van der Waals surface area contributed by atoms with Crippen LogP contribution in [0.2, 0.25) is 5.02 Å². The van der Waals surface area contributed by atoms with E-state index in [0.717, 1.165) is 5.56 Å². The van der Waals surface area contributed by atoms with Crippen LogP contribution in [-0.2, 0) is 4.79 Å². The molecule has 0 aliphatic carbocycles. The molecule has 0 atom stereocenters. The predicted octanol–water partition coefficient (Wildman–Crippen LogP) is 3.26. The summed E-state index contributed by atoms with van der Waals surface area (Å²) in [6.45, 7) is 2.52. The lowest BCUT2D eigenvalue weighted by Gasteiger charge is -2.17. The molecule has 0 saturated heterocycles. The average Bonchev–Trinajstić information content (AvgIpc) is 2.76. The van der Waals surface area contributed by atoms with Crippen LogP contribution in [0.25, 0.3) is 0 Å². The number of ketones is 1. The number of benzene rings is 2. The minimum atomic E-state index is -0.503. The minimum Gasteiger partial charge on any atom is -0.492 e. The molecule has 2 aromatic rings. The first-order valence-corrected chi connectivity index (χ1v) is 7.30. The monoisotopic (exact) mass is 315 g/mol. The molecule has 1 amide bonds. The van der Waals surface area contributed by atoms with Gasteiger partial charge in [-0.25, -0.2) is 0 Å². The molecule has 0 bridgehead atoms. The summed E-state index contributed by atoms with van der Waals surface area (Å²) in [5, 5.41) is 0.682. The Bertz CT molecular complexity index is 757. The summed E-state index contributed by atoms with van der Waals surface area (Å²) in [7, 11) is 0. The van der Waals surface area contributed by atoms with Crippen molar-refractivity contribution in [1.29, 1.82) is 0 Å². The summed E-state index contributed by atoms with van der Waals surface area (Å²) >= 11 is 5.96. The number of rotatable bonds is 4. The highest BCUT2D eigenvalue weighted by atomic mass is 35.5. The van der Waals surface area contributed by atoms with E-state index in [1.165, 1.54) is 4.90 Å². The maximum absolute atomic E-state index is 12.0. The van der Waals surface area contributed by atoms with Gasteiger partial charge in [0.15, 0.2) is 0 Å². The van der Waals surface area contributed by atoms with E-state index >= 15 is 0 Å². The van der Waals surface area contributed by atoms with E-state index in [1.807, 2.05) is 13.0 Å². The average molecular weight is 316 g/mol. The van der Waals surface area contributed by atoms with Crippen molar-refractivity contribution in [1.82, 2.24) is 0 Å². The first kappa shape index (κ1) is 14.6. The highest BCUT2D eigenvalue weighted by Gasteiger charge is 2.34. The van der Waals surface area contributed by atoms with Crippen molar-refractivity contribution in [3.05, 3.63) is 58.6 Å². The SMILES string of the molecule is Cc1cc(OCCN2C(=O)C(=O)c3ccccc32)ccc1Cl. The van der Waals surface area contributed by atoms with E-state index in [9.17, 15) is 9.59 Å². The van der Waals surface area contributed by atoms with Gasteiger partial charge < -0.3 is 9.64 Å². The van der Waals surface area contributed by atoms with Crippen molar-refractivity contribution >= 4 is 29.0 Å². The number of aryl methyl sites for hydroxylation is 1. The fourth-order valence-electron chi connectivity index (χ4n) is 2.43. The molecule has 4 nitrogen and oxygen atoms in total. The maximum Gasteiger partial charge on any atom is 0.299 e. The van der Waals surface area contributed by atoms with Crippen molar-refractivity contribution in [2.75, 3.05) is 18.1 Å². The Balaban J connectivity index is 1.68. The molecular weight excluding hydrogens is 302 g/mol. The third-order valence-corrected chi connectivity index (χ3v) is 4.02. The Morgan fingerprint density at radius 1 is 1.14 bits per heavy atom. The summed E-state index contributed by atoms with van der Waals surface area (Å²) in [4.78, 5) is 25.3. The van der Waals surface area contributed by atoms with Crippen molar-refractivity contribution < 1.29 is 14.3 Å². The predicted molar refractivity (Wildman–Crippen MR) is 84.8 cm³/mol. The molecule has 0 unspecified atom stereocenters. The molecule has 0 aromatic heterocycles. The highest BCUT2D eigenvalue weighted by Crippen LogP contribution is 2.28. The first-order valence-electron chi connectivity index (χ1n) is 6.92. The summed E-state index contributed by atoms with van der Waals surface area (Å²) in [5.41, 5.74) is 2.03. The first-order chi connectivity index (χ1) is 10.6. The second kappa shape index (κ2) is 5.81. The zero-order valence-electron chi connectivity index (χ0n) is 12.0. The standard InChI is InChI=1S/C17H14ClNO3/c1-11-10-12(6-7-14(11)18)22-9-8-19-15-5-3-2-4-13(15)16(20)17(19)21/h2-7,10H,8-9H2,1H3. The maximum atomic E-state index is 12.0. The number of nitrogens with zero attached hydrogens (tertiary/aromatic N) is 1. The molecule has 0 N–H and O–H groups in total. The van der Waals surface area contributed by atoms with Gasteiger partial charge in [0.1, 0.15) is 12.4 Å². The molecule has 0 spiro atoms. The van der Waals surface area contributed by atoms with Gasteiger partial charge in [-0.1, -0.05) is 23.7 Å². The van der Waals surface area contributed by atoms with Crippen molar-refractivity contribution in [3.8, 4) is 5.75 Å². The number of amides is 1. The smallest absolute Gasteiger partial charge is 0.299 e. The van der Waals surface area contributed by atoms with Gasteiger partial charge in [-0.15, -0.1) is 0 Å². The Hall–Kier alpha value is -2.33. The molecular formula is C17H14ClNO3. The Kier molecular flexibility index (Phi) is 3.86. The third-order valence-electron chi connectivity index (χ3n) is 3.59. The van der Waals surface area contributed by atoms with Crippen LogP contribution in [0.4, 0.5) is 5.69 Å². The number of para-hydroxylation sites is 1. The number of carbonyl (C=O) groups excluding carboxylic acids is 2. The number of carbonyl (C=O) groups is 2. The Labute approximate surface area is 133 Å². The van der Waals surface area contributed by atoms with Crippen LogP contribution in [0.5, 0.6) is 5.75 Å². The lowest BCUT2D eigenvalue weighted by atomic mass is 10.1. The molecule has 0 saturated carbocycles. The fraction of sp³-hybridized carbons (Fsp3) is 0.176. The van der Waals surface area contributed by atoms with Crippen LogP contribution in [0, 0.1) is 6.92 Å². The number of anilines is 1. The molecule has 0 fully saturated rings. The Morgan fingerprint density at radius 3 is 2.68 bits per heavy atom. The van der Waals surface area contributed by atoms with Crippen molar-refractivity contribution in [2.24, 2.45) is 0 Å². The molecule has 112 valence electrons. The summed E-state index contributed by atoms with van der Waals surface area (Å²) in [5.74, 6) is -0.275. The highest BCUT2D eigenvalue weighted by molar-refractivity contribution is 6.52. The quantitative estimate of drug-likeness (QED) is 0.814. The molecule has 22 heavy (non-hydrogen) atoms. The molecule has 2 aromatic carbocycles. The third kappa shape index (κ3) is 2.57. The van der Waals surface area contributed by atoms with Crippen molar-refractivity contribution in [2.45, 2.75) is 6.92 Å². The summed E-state index contributed by atoms with van der Waals surface area (Å²) < 4.78 is 5.64. The zero-order valence-corrected chi connectivity index (χ0v) is 12.8. The molecule has 1 aliphatic rings. The minimum absolute atomic E-state index is 0.300. The van der Waals surface area contributed by atoms with Gasteiger partial charge in [0.25, 0.3) is 11.7 Å². The van der Waals surface area contributed by atoms with E-state index in [-0.39, 0.29) is 0 Å². The van der Waals surface area contributed by atoms with E-state index in [4.69, 9.17) is 16.3 Å². The van der Waals surface area contributed by atoms with Crippen LogP contribution in [-0.4, -0.2) is 24.8 Å². The number of ether oxygens (including phenoxy) is 1. The van der Waals surface area contributed by atoms with Gasteiger partial charge in [0.05, 0.1) is 17.8 Å². The van der Waals surface area contributed by atoms with E-state index in [1.54, 1.807) is 36.4 Å². The van der Waals surface area contributed by atoms with Gasteiger partial charge in [-0.2, -0.15) is 0 Å².